The molecule has 21 heavy (non-hydrogen) atoms. The topological polar surface area (TPSA) is 36.4 Å². The van der Waals surface area contributed by atoms with Crippen LogP contribution < -0.4 is 10.6 Å². The van der Waals surface area contributed by atoms with Crippen molar-refractivity contribution in [2.45, 2.75) is 25.5 Å². The maximum absolute atomic E-state index is 12.8. The second-order valence-electron chi connectivity index (χ2n) is 4.57. The molecule has 2 N–H and O–H groups in total. The van der Waals surface area contributed by atoms with Crippen LogP contribution in [0.4, 0.5) is 4.39 Å². The molecule has 0 aliphatic rings. The van der Waals surface area contributed by atoms with Crippen LogP contribution in [0.25, 0.3) is 0 Å². The molecule has 1 rings (SSSR count). The van der Waals surface area contributed by atoms with Gasteiger partial charge in [-0.2, -0.15) is 11.8 Å². The van der Waals surface area contributed by atoms with Gasteiger partial charge in [0.25, 0.3) is 0 Å². The summed E-state index contributed by atoms with van der Waals surface area (Å²) in [5.74, 6) is 0.651. The summed E-state index contributed by atoms with van der Waals surface area (Å²) < 4.78 is 12.8. The summed E-state index contributed by atoms with van der Waals surface area (Å²) in [7, 11) is 0. The number of halogens is 2. The molecule has 1 aromatic rings. The van der Waals surface area contributed by atoms with E-state index < -0.39 is 0 Å². The normalized spacial score (nSPS) is 12.5. The van der Waals surface area contributed by atoms with Gasteiger partial charge in [-0.1, -0.05) is 19.1 Å². The number of thioether (sulfide) groups is 1. The molecular weight excluding hydrogens is 400 g/mol. The van der Waals surface area contributed by atoms with Crippen molar-refractivity contribution in [2.75, 3.05) is 25.9 Å². The quantitative estimate of drug-likeness (QED) is 0.400. The molecule has 0 fully saturated rings. The van der Waals surface area contributed by atoms with Gasteiger partial charge in [0, 0.05) is 18.3 Å². The summed E-state index contributed by atoms with van der Waals surface area (Å²) in [6, 6.07) is 6.62. The summed E-state index contributed by atoms with van der Waals surface area (Å²) in [5.41, 5.74) is 1.12. The summed E-state index contributed by atoms with van der Waals surface area (Å²) in [4.78, 5) is 4.54. The van der Waals surface area contributed by atoms with Crippen LogP contribution in [0.15, 0.2) is 29.3 Å². The highest BCUT2D eigenvalue weighted by Gasteiger charge is 2.01. The zero-order chi connectivity index (χ0) is 14.8. The molecule has 0 heterocycles. The summed E-state index contributed by atoms with van der Waals surface area (Å²) >= 11 is 1.81. The zero-order valence-electron chi connectivity index (χ0n) is 12.9. The van der Waals surface area contributed by atoms with Gasteiger partial charge in [-0.05, 0) is 37.3 Å². The number of rotatable bonds is 7. The first-order valence-corrected chi connectivity index (χ1v) is 8.24. The van der Waals surface area contributed by atoms with Crippen LogP contribution in [-0.2, 0) is 6.42 Å². The lowest BCUT2D eigenvalue weighted by Gasteiger charge is -2.12. The van der Waals surface area contributed by atoms with Gasteiger partial charge in [-0.3, -0.25) is 4.99 Å². The van der Waals surface area contributed by atoms with Crippen molar-refractivity contribution in [1.82, 2.24) is 10.6 Å². The molecule has 0 aliphatic carbocycles. The molecule has 6 heteroatoms. The second-order valence-corrected chi connectivity index (χ2v) is 5.85. The fourth-order valence-electron chi connectivity index (χ4n) is 1.61. The Hall–Kier alpha value is -0.500. The molecule has 0 saturated carbocycles. The van der Waals surface area contributed by atoms with E-state index in [1.54, 1.807) is 0 Å². The minimum atomic E-state index is -0.192. The second kappa shape index (κ2) is 12.1. The van der Waals surface area contributed by atoms with Gasteiger partial charge in [0.1, 0.15) is 5.82 Å². The molecule has 0 amide bonds. The Bertz CT molecular complexity index is 412. The van der Waals surface area contributed by atoms with Crippen molar-refractivity contribution in [1.29, 1.82) is 0 Å². The van der Waals surface area contributed by atoms with Crippen LogP contribution in [0.3, 0.4) is 0 Å². The molecule has 0 spiro atoms. The molecule has 1 aromatic carbocycles. The predicted octanol–water partition coefficient (Wildman–Crippen LogP) is 3.29. The maximum Gasteiger partial charge on any atom is 0.191 e. The largest absolute Gasteiger partial charge is 0.357 e. The minimum absolute atomic E-state index is 0. The Morgan fingerprint density at radius 1 is 1.29 bits per heavy atom. The van der Waals surface area contributed by atoms with Gasteiger partial charge in [0.2, 0.25) is 0 Å². The smallest absolute Gasteiger partial charge is 0.191 e. The SMILES string of the molecule is CCNC(=NCC(C)SC)NCCc1ccc(F)cc1.I. The van der Waals surface area contributed by atoms with E-state index in [1.165, 1.54) is 12.1 Å². The lowest BCUT2D eigenvalue weighted by atomic mass is 10.1. The number of nitrogens with one attached hydrogen (secondary N) is 2. The van der Waals surface area contributed by atoms with E-state index in [-0.39, 0.29) is 29.8 Å². The molecule has 0 aliphatic heterocycles. The summed E-state index contributed by atoms with van der Waals surface area (Å²) in [5, 5.41) is 7.04. The van der Waals surface area contributed by atoms with Gasteiger partial charge < -0.3 is 10.6 Å². The van der Waals surface area contributed by atoms with Gasteiger partial charge in [-0.15, -0.1) is 24.0 Å². The fraction of sp³-hybridized carbons (Fsp3) is 0.533. The van der Waals surface area contributed by atoms with Crippen molar-refractivity contribution in [3.63, 3.8) is 0 Å². The van der Waals surface area contributed by atoms with Gasteiger partial charge in [-0.25, -0.2) is 4.39 Å². The van der Waals surface area contributed by atoms with E-state index in [0.29, 0.717) is 5.25 Å². The monoisotopic (exact) mass is 425 g/mol. The van der Waals surface area contributed by atoms with Gasteiger partial charge in [0.15, 0.2) is 5.96 Å². The highest BCUT2D eigenvalue weighted by Crippen LogP contribution is 2.04. The van der Waals surface area contributed by atoms with Crippen LogP contribution >= 0.6 is 35.7 Å². The van der Waals surface area contributed by atoms with E-state index in [0.717, 1.165) is 37.6 Å². The molecular formula is C15H25FIN3S. The van der Waals surface area contributed by atoms with Crippen LogP contribution in [0, 0.1) is 5.82 Å². The van der Waals surface area contributed by atoms with Crippen molar-refractivity contribution in [3.05, 3.63) is 35.6 Å². The third-order valence-electron chi connectivity index (χ3n) is 2.87. The molecule has 0 saturated heterocycles. The number of nitrogens with zero attached hydrogens (tertiary/aromatic N) is 1. The highest BCUT2D eigenvalue weighted by molar-refractivity contribution is 14.0. The summed E-state index contributed by atoms with van der Waals surface area (Å²) in [6.45, 7) is 6.64. The van der Waals surface area contributed by atoms with Crippen molar-refractivity contribution in [2.24, 2.45) is 4.99 Å². The lowest BCUT2D eigenvalue weighted by molar-refractivity contribution is 0.626. The van der Waals surface area contributed by atoms with Crippen LogP contribution in [-0.4, -0.2) is 37.1 Å². The Labute approximate surface area is 148 Å². The number of hydrogen-bond donors (Lipinski definition) is 2. The first kappa shape index (κ1) is 20.5. The third kappa shape index (κ3) is 9.18. The van der Waals surface area contributed by atoms with E-state index in [4.69, 9.17) is 0 Å². The molecule has 0 aromatic heterocycles. The van der Waals surface area contributed by atoms with Crippen LogP contribution in [0.1, 0.15) is 19.4 Å². The minimum Gasteiger partial charge on any atom is -0.357 e. The van der Waals surface area contributed by atoms with E-state index in [1.807, 2.05) is 23.9 Å². The highest BCUT2D eigenvalue weighted by atomic mass is 127. The molecule has 0 radical (unpaired) electrons. The average Bonchev–Trinajstić information content (AvgIpc) is 2.46. The molecule has 120 valence electrons. The van der Waals surface area contributed by atoms with E-state index >= 15 is 0 Å². The first-order valence-electron chi connectivity index (χ1n) is 6.95. The standard InChI is InChI=1S/C15H24FN3S.HI/c1-4-17-15(19-11-12(2)20-3)18-10-9-13-5-7-14(16)8-6-13;/h5-8,12H,4,9-11H2,1-3H3,(H2,17,18,19);1H. The van der Waals surface area contributed by atoms with E-state index in [9.17, 15) is 4.39 Å². The van der Waals surface area contributed by atoms with Crippen LogP contribution in [0.2, 0.25) is 0 Å². The number of benzene rings is 1. The summed E-state index contributed by atoms with van der Waals surface area (Å²) in [6.07, 6.45) is 2.94. The predicted molar refractivity (Wildman–Crippen MR) is 102 cm³/mol. The Kier molecular flexibility index (Phi) is 11.8. The molecule has 3 nitrogen and oxygen atoms in total. The average molecular weight is 425 g/mol. The zero-order valence-corrected chi connectivity index (χ0v) is 16.0. The molecule has 1 unspecified atom stereocenters. The van der Waals surface area contributed by atoms with Gasteiger partial charge in [0.05, 0.1) is 6.54 Å². The maximum atomic E-state index is 12.8. The third-order valence-corrected chi connectivity index (χ3v) is 3.83. The first-order chi connectivity index (χ1) is 9.65. The van der Waals surface area contributed by atoms with E-state index in [2.05, 4.69) is 35.7 Å². The molecule has 0 bridgehead atoms. The van der Waals surface area contributed by atoms with Crippen molar-refractivity contribution < 1.29 is 4.39 Å². The Morgan fingerprint density at radius 3 is 2.52 bits per heavy atom. The number of hydrogen-bond acceptors (Lipinski definition) is 2. The van der Waals surface area contributed by atoms with Crippen LogP contribution in [0.5, 0.6) is 0 Å². The molecule has 1 atom stereocenters. The lowest BCUT2D eigenvalue weighted by Crippen LogP contribution is -2.38. The van der Waals surface area contributed by atoms with Gasteiger partial charge >= 0.3 is 0 Å². The van der Waals surface area contributed by atoms with Crippen molar-refractivity contribution in [3.8, 4) is 0 Å². The van der Waals surface area contributed by atoms with Crippen molar-refractivity contribution >= 4 is 41.7 Å². The Balaban J connectivity index is 0.00000400. The fourth-order valence-corrected chi connectivity index (χ4v) is 1.84. The Morgan fingerprint density at radius 2 is 1.95 bits per heavy atom. The number of aliphatic imine (C=N–C) groups is 1. The number of guanidine groups is 1.